The topological polar surface area (TPSA) is 34.1 Å². The summed E-state index contributed by atoms with van der Waals surface area (Å²) >= 11 is 1.68. The van der Waals surface area contributed by atoms with Crippen LogP contribution in [0.3, 0.4) is 0 Å². The van der Waals surface area contributed by atoms with E-state index in [0.717, 1.165) is 34.1 Å². The summed E-state index contributed by atoms with van der Waals surface area (Å²) in [6.45, 7) is 5.57. The lowest BCUT2D eigenvalue weighted by molar-refractivity contribution is 0.338. The first-order valence-corrected chi connectivity index (χ1v) is 6.95. The zero-order valence-electron chi connectivity index (χ0n) is 11.0. The molecule has 2 rings (SSSR count). The van der Waals surface area contributed by atoms with Crippen molar-refractivity contribution >= 4 is 11.3 Å². The summed E-state index contributed by atoms with van der Waals surface area (Å²) in [6, 6.07) is 6.22. The van der Waals surface area contributed by atoms with Gasteiger partial charge in [0.1, 0.15) is 10.8 Å². The molecular formula is C14H18N2OS. The standard InChI is InChI=1S/C14H18N2OS/c1-4-17-13-6-5-11(7-10(13)2)14-16-12(8-15-3)9-18-14/h5-7,9,15H,4,8H2,1-3H3. The molecular weight excluding hydrogens is 244 g/mol. The lowest BCUT2D eigenvalue weighted by Crippen LogP contribution is -2.04. The Morgan fingerprint density at radius 3 is 2.89 bits per heavy atom. The molecule has 4 heteroatoms. The largest absolute Gasteiger partial charge is 0.494 e. The molecule has 0 aliphatic carbocycles. The van der Waals surface area contributed by atoms with E-state index >= 15 is 0 Å². The van der Waals surface area contributed by atoms with Crippen LogP contribution in [0, 0.1) is 6.92 Å². The van der Waals surface area contributed by atoms with Gasteiger partial charge in [0, 0.05) is 17.5 Å². The van der Waals surface area contributed by atoms with Crippen molar-refractivity contribution in [3.8, 4) is 16.3 Å². The average Bonchev–Trinajstić information content (AvgIpc) is 2.81. The Morgan fingerprint density at radius 2 is 2.22 bits per heavy atom. The highest BCUT2D eigenvalue weighted by atomic mass is 32.1. The molecule has 2 aromatic rings. The van der Waals surface area contributed by atoms with Crippen molar-refractivity contribution in [3.05, 3.63) is 34.8 Å². The smallest absolute Gasteiger partial charge is 0.123 e. The van der Waals surface area contributed by atoms with Crippen LogP contribution >= 0.6 is 11.3 Å². The number of hydrogen-bond acceptors (Lipinski definition) is 4. The maximum atomic E-state index is 5.54. The summed E-state index contributed by atoms with van der Waals surface area (Å²) < 4.78 is 5.54. The van der Waals surface area contributed by atoms with Gasteiger partial charge in [-0.15, -0.1) is 11.3 Å². The van der Waals surface area contributed by atoms with Crippen LogP contribution in [0.5, 0.6) is 5.75 Å². The molecule has 0 aliphatic rings. The Balaban J connectivity index is 2.24. The number of aryl methyl sites for hydroxylation is 1. The van der Waals surface area contributed by atoms with Crippen molar-refractivity contribution in [2.45, 2.75) is 20.4 Å². The number of nitrogens with zero attached hydrogens (tertiary/aromatic N) is 1. The summed E-state index contributed by atoms with van der Waals surface area (Å²) in [4.78, 5) is 4.60. The summed E-state index contributed by atoms with van der Waals surface area (Å²) in [5, 5.41) is 6.27. The second kappa shape index (κ2) is 5.98. The number of aromatic nitrogens is 1. The first-order valence-electron chi connectivity index (χ1n) is 6.07. The van der Waals surface area contributed by atoms with Crippen LogP contribution in [0.4, 0.5) is 0 Å². The summed E-state index contributed by atoms with van der Waals surface area (Å²) in [6.07, 6.45) is 0. The number of hydrogen-bond donors (Lipinski definition) is 1. The maximum absolute atomic E-state index is 5.54. The van der Waals surface area contributed by atoms with E-state index in [1.165, 1.54) is 0 Å². The molecule has 0 spiro atoms. The van der Waals surface area contributed by atoms with Gasteiger partial charge in [0.05, 0.1) is 12.3 Å². The number of rotatable bonds is 5. The minimum absolute atomic E-state index is 0.698. The van der Waals surface area contributed by atoms with Crippen molar-refractivity contribution in [2.75, 3.05) is 13.7 Å². The van der Waals surface area contributed by atoms with Gasteiger partial charge in [-0.25, -0.2) is 4.98 Å². The van der Waals surface area contributed by atoms with E-state index in [0.29, 0.717) is 6.61 Å². The van der Waals surface area contributed by atoms with Crippen LogP contribution in [0.15, 0.2) is 23.6 Å². The quantitative estimate of drug-likeness (QED) is 0.898. The number of thiazole rings is 1. The minimum Gasteiger partial charge on any atom is -0.494 e. The molecule has 1 N–H and O–H groups in total. The first-order chi connectivity index (χ1) is 8.74. The van der Waals surface area contributed by atoms with E-state index in [9.17, 15) is 0 Å². The molecule has 0 radical (unpaired) electrons. The number of nitrogens with one attached hydrogen (secondary N) is 1. The number of benzene rings is 1. The van der Waals surface area contributed by atoms with Crippen LogP contribution < -0.4 is 10.1 Å². The van der Waals surface area contributed by atoms with E-state index in [2.05, 4.69) is 34.7 Å². The summed E-state index contributed by atoms with van der Waals surface area (Å²) in [5.74, 6) is 0.952. The second-order valence-electron chi connectivity index (χ2n) is 4.09. The monoisotopic (exact) mass is 262 g/mol. The van der Waals surface area contributed by atoms with E-state index in [1.807, 2.05) is 20.0 Å². The van der Waals surface area contributed by atoms with E-state index in [-0.39, 0.29) is 0 Å². The van der Waals surface area contributed by atoms with E-state index in [4.69, 9.17) is 4.74 Å². The summed E-state index contributed by atoms with van der Waals surface area (Å²) in [7, 11) is 1.93. The van der Waals surface area contributed by atoms with Gasteiger partial charge in [0.15, 0.2) is 0 Å². The SMILES string of the molecule is CCOc1ccc(-c2nc(CNC)cs2)cc1C. The van der Waals surface area contributed by atoms with E-state index < -0.39 is 0 Å². The van der Waals surface area contributed by atoms with Crippen molar-refractivity contribution in [2.24, 2.45) is 0 Å². The Bertz CT molecular complexity index is 522. The molecule has 0 bridgehead atoms. The Hall–Kier alpha value is -1.39. The van der Waals surface area contributed by atoms with Crippen LogP contribution in [-0.4, -0.2) is 18.6 Å². The zero-order valence-corrected chi connectivity index (χ0v) is 11.8. The van der Waals surface area contributed by atoms with Gasteiger partial charge >= 0.3 is 0 Å². The molecule has 0 amide bonds. The van der Waals surface area contributed by atoms with Crippen molar-refractivity contribution < 1.29 is 4.74 Å². The molecule has 0 saturated carbocycles. The van der Waals surface area contributed by atoms with Crippen molar-refractivity contribution in [1.29, 1.82) is 0 Å². The van der Waals surface area contributed by atoms with Crippen molar-refractivity contribution in [1.82, 2.24) is 10.3 Å². The Labute approximate surface area is 112 Å². The van der Waals surface area contributed by atoms with Crippen LogP contribution in [0.2, 0.25) is 0 Å². The highest BCUT2D eigenvalue weighted by Crippen LogP contribution is 2.28. The van der Waals surface area contributed by atoms with Gasteiger partial charge in [-0.1, -0.05) is 0 Å². The normalized spacial score (nSPS) is 10.6. The molecule has 0 saturated heterocycles. The van der Waals surface area contributed by atoms with Gasteiger partial charge in [-0.2, -0.15) is 0 Å². The molecule has 96 valence electrons. The van der Waals surface area contributed by atoms with Gasteiger partial charge in [0.25, 0.3) is 0 Å². The molecule has 1 aromatic carbocycles. The fourth-order valence-corrected chi connectivity index (χ4v) is 2.62. The second-order valence-corrected chi connectivity index (χ2v) is 4.95. The van der Waals surface area contributed by atoms with Gasteiger partial charge in [0.2, 0.25) is 0 Å². The lowest BCUT2D eigenvalue weighted by Gasteiger charge is -2.07. The number of ether oxygens (including phenoxy) is 1. The summed E-state index contributed by atoms with van der Waals surface area (Å²) in [5.41, 5.74) is 3.40. The van der Waals surface area contributed by atoms with Crippen LogP contribution in [-0.2, 0) is 6.54 Å². The fraction of sp³-hybridized carbons (Fsp3) is 0.357. The van der Waals surface area contributed by atoms with Crippen LogP contribution in [0.25, 0.3) is 10.6 Å². The third-order valence-electron chi connectivity index (χ3n) is 2.63. The first kappa shape index (κ1) is 13.1. The predicted octanol–water partition coefficient (Wildman–Crippen LogP) is 3.24. The van der Waals surface area contributed by atoms with E-state index in [1.54, 1.807) is 11.3 Å². The third kappa shape index (κ3) is 2.89. The Kier molecular flexibility index (Phi) is 4.33. The third-order valence-corrected chi connectivity index (χ3v) is 3.57. The van der Waals surface area contributed by atoms with Gasteiger partial charge < -0.3 is 10.1 Å². The molecule has 18 heavy (non-hydrogen) atoms. The van der Waals surface area contributed by atoms with Gasteiger partial charge in [-0.3, -0.25) is 0 Å². The van der Waals surface area contributed by atoms with Crippen LogP contribution in [0.1, 0.15) is 18.2 Å². The fourth-order valence-electron chi connectivity index (χ4n) is 1.80. The Morgan fingerprint density at radius 1 is 1.39 bits per heavy atom. The van der Waals surface area contributed by atoms with Crippen molar-refractivity contribution in [3.63, 3.8) is 0 Å². The molecule has 3 nitrogen and oxygen atoms in total. The predicted molar refractivity (Wildman–Crippen MR) is 76.2 cm³/mol. The van der Waals surface area contributed by atoms with Gasteiger partial charge in [-0.05, 0) is 44.7 Å². The molecule has 1 aromatic heterocycles. The highest BCUT2D eigenvalue weighted by Gasteiger charge is 2.06. The molecule has 0 unspecified atom stereocenters. The zero-order chi connectivity index (χ0) is 13.0. The highest BCUT2D eigenvalue weighted by molar-refractivity contribution is 7.13. The molecule has 0 aliphatic heterocycles. The maximum Gasteiger partial charge on any atom is 0.123 e. The average molecular weight is 262 g/mol. The lowest BCUT2D eigenvalue weighted by atomic mass is 10.1. The molecule has 1 heterocycles. The molecule has 0 atom stereocenters. The molecule has 0 fully saturated rings. The minimum atomic E-state index is 0.698.